The summed E-state index contributed by atoms with van der Waals surface area (Å²) in [7, 11) is 0. The van der Waals surface area contributed by atoms with Gasteiger partial charge in [-0.2, -0.15) is 0 Å². The van der Waals surface area contributed by atoms with Gasteiger partial charge in [-0.1, -0.05) is 20.8 Å². The van der Waals surface area contributed by atoms with E-state index in [1.165, 1.54) is 0 Å². The van der Waals surface area contributed by atoms with Gasteiger partial charge in [-0.05, 0) is 46.2 Å². The van der Waals surface area contributed by atoms with Crippen molar-refractivity contribution in [1.82, 2.24) is 0 Å². The lowest BCUT2D eigenvalue weighted by atomic mass is 9.84. The van der Waals surface area contributed by atoms with Gasteiger partial charge in [0.05, 0.1) is 11.4 Å². The van der Waals surface area contributed by atoms with Crippen molar-refractivity contribution in [1.29, 1.82) is 0 Å². The molecule has 0 spiro atoms. The fourth-order valence-corrected chi connectivity index (χ4v) is 2.39. The summed E-state index contributed by atoms with van der Waals surface area (Å²) in [6, 6.07) is 6.22. The number of anilines is 2. The van der Waals surface area contributed by atoms with Gasteiger partial charge in [0, 0.05) is 16.0 Å². The van der Waals surface area contributed by atoms with E-state index < -0.39 is 0 Å². The zero-order chi connectivity index (χ0) is 12.6. The quantitative estimate of drug-likeness (QED) is 0.708. The number of nitrogens with one attached hydrogen (secondary N) is 2. The first kappa shape index (κ1) is 12.7. The van der Waals surface area contributed by atoms with Crippen LogP contribution >= 0.6 is 22.6 Å². The SMILES string of the molecule is CC(C)(C)C1CC(=O)Nc2cc(I)ccc2N1. The number of halogens is 1. The highest BCUT2D eigenvalue weighted by Crippen LogP contribution is 2.33. The summed E-state index contributed by atoms with van der Waals surface area (Å²) in [6.45, 7) is 6.45. The summed E-state index contributed by atoms with van der Waals surface area (Å²) in [4.78, 5) is 11.9. The number of rotatable bonds is 0. The van der Waals surface area contributed by atoms with Gasteiger partial charge in [-0.3, -0.25) is 4.79 Å². The lowest BCUT2D eigenvalue weighted by Gasteiger charge is -2.30. The van der Waals surface area contributed by atoms with Gasteiger partial charge in [-0.25, -0.2) is 0 Å². The Balaban J connectivity index is 2.37. The maximum atomic E-state index is 11.9. The Labute approximate surface area is 116 Å². The smallest absolute Gasteiger partial charge is 0.226 e. The Morgan fingerprint density at radius 2 is 2.00 bits per heavy atom. The number of hydrogen-bond acceptors (Lipinski definition) is 2. The molecule has 1 aromatic rings. The molecule has 0 fully saturated rings. The van der Waals surface area contributed by atoms with Crippen molar-refractivity contribution in [2.45, 2.75) is 33.2 Å². The van der Waals surface area contributed by atoms with Crippen molar-refractivity contribution in [2.75, 3.05) is 10.6 Å². The average molecular weight is 344 g/mol. The van der Waals surface area contributed by atoms with Crippen LogP contribution in [0.25, 0.3) is 0 Å². The molecular formula is C13H17IN2O. The molecule has 0 bridgehead atoms. The van der Waals surface area contributed by atoms with Crippen LogP contribution in [0, 0.1) is 8.99 Å². The zero-order valence-corrected chi connectivity index (χ0v) is 12.5. The second kappa shape index (κ2) is 4.48. The molecule has 1 unspecified atom stereocenters. The van der Waals surface area contributed by atoms with E-state index in [4.69, 9.17) is 0 Å². The maximum Gasteiger partial charge on any atom is 0.226 e. The highest BCUT2D eigenvalue weighted by atomic mass is 127. The Morgan fingerprint density at radius 1 is 1.29 bits per heavy atom. The van der Waals surface area contributed by atoms with Gasteiger partial charge in [0.25, 0.3) is 0 Å². The molecule has 0 aromatic heterocycles. The monoisotopic (exact) mass is 344 g/mol. The van der Waals surface area contributed by atoms with Crippen LogP contribution in [0.1, 0.15) is 27.2 Å². The first-order valence-electron chi connectivity index (χ1n) is 5.72. The van der Waals surface area contributed by atoms with Crippen LogP contribution < -0.4 is 10.6 Å². The average Bonchev–Trinajstić information content (AvgIpc) is 2.34. The van der Waals surface area contributed by atoms with Crippen molar-refractivity contribution in [2.24, 2.45) is 5.41 Å². The van der Waals surface area contributed by atoms with E-state index in [0.717, 1.165) is 14.9 Å². The topological polar surface area (TPSA) is 41.1 Å². The highest BCUT2D eigenvalue weighted by molar-refractivity contribution is 14.1. The van der Waals surface area contributed by atoms with Gasteiger partial charge in [0.15, 0.2) is 0 Å². The fraction of sp³-hybridized carbons (Fsp3) is 0.462. The minimum atomic E-state index is 0.0575. The predicted molar refractivity (Wildman–Crippen MR) is 79.3 cm³/mol. The first-order valence-corrected chi connectivity index (χ1v) is 6.80. The molecule has 1 aliphatic heterocycles. The number of benzene rings is 1. The van der Waals surface area contributed by atoms with Crippen LogP contribution in [0.2, 0.25) is 0 Å². The van der Waals surface area contributed by atoms with Crippen molar-refractivity contribution in [3.05, 3.63) is 21.8 Å². The molecule has 2 rings (SSSR count). The molecule has 17 heavy (non-hydrogen) atoms. The van der Waals surface area contributed by atoms with Crippen LogP contribution in [0.15, 0.2) is 18.2 Å². The lowest BCUT2D eigenvalue weighted by Crippen LogP contribution is -2.35. The molecule has 2 N–H and O–H groups in total. The van der Waals surface area contributed by atoms with Gasteiger partial charge >= 0.3 is 0 Å². The van der Waals surface area contributed by atoms with E-state index in [0.29, 0.717) is 6.42 Å². The van der Waals surface area contributed by atoms with Crippen molar-refractivity contribution in [3.8, 4) is 0 Å². The van der Waals surface area contributed by atoms with Gasteiger partial charge in [0.2, 0.25) is 5.91 Å². The number of carbonyl (C=O) groups excluding carboxylic acids is 1. The van der Waals surface area contributed by atoms with E-state index >= 15 is 0 Å². The second-order valence-corrected chi connectivity index (χ2v) is 6.75. The molecule has 92 valence electrons. The number of amides is 1. The molecule has 1 aliphatic rings. The van der Waals surface area contributed by atoms with Crippen LogP contribution in [-0.4, -0.2) is 11.9 Å². The van der Waals surface area contributed by atoms with Crippen LogP contribution in [0.5, 0.6) is 0 Å². The summed E-state index contributed by atoms with van der Waals surface area (Å²) in [6.07, 6.45) is 0.509. The van der Waals surface area contributed by atoms with Crippen molar-refractivity contribution < 1.29 is 4.79 Å². The molecule has 3 nitrogen and oxygen atoms in total. The number of carbonyl (C=O) groups is 1. The molecule has 0 saturated heterocycles. The summed E-state index contributed by atoms with van der Waals surface area (Å²) >= 11 is 2.25. The standard InChI is InChI=1S/C13H17IN2O/c1-13(2,3)11-7-12(17)16-10-6-8(14)4-5-9(10)15-11/h4-6,11,15H,7H2,1-3H3,(H,16,17). The largest absolute Gasteiger partial charge is 0.380 e. The summed E-state index contributed by atoms with van der Waals surface area (Å²) in [5, 5.41) is 6.43. The second-order valence-electron chi connectivity index (χ2n) is 5.51. The molecule has 1 atom stereocenters. The summed E-state index contributed by atoms with van der Waals surface area (Å²) in [5.41, 5.74) is 1.95. The molecule has 0 aliphatic carbocycles. The van der Waals surface area contributed by atoms with Crippen LogP contribution in [0.4, 0.5) is 11.4 Å². The minimum Gasteiger partial charge on any atom is -0.380 e. The molecule has 0 radical (unpaired) electrons. The first-order chi connectivity index (χ1) is 7.86. The van der Waals surface area contributed by atoms with Gasteiger partial charge in [-0.15, -0.1) is 0 Å². The van der Waals surface area contributed by atoms with Crippen molar-refractivity contribution in [3.63, 3.8) is 0 Å². The van der Waals surface area contributed by atoms with Gasteiger partial charge in [0.1, 0.15) is 0 Å². The molecular weight excluding hydrogens is 327 g/mol. The summed E-state index contributed by atoms with van der Waals surface area (Å²) < 4.78 is 1.12. The van der Waals surface area contributed by atoms with E-state index in [-0.39, 0.29) is 17.4 Å². The molecule has 1 heterocycles. The Bertz CT molecular complexity index is 451. The van der Waals surface area contributed by atoms with E-state index in [2.05, 4.69) is 54.0 Å². The maximum absolute atomic E-state index is 11.9. The Hall–Kier alpha value is -0.780. The molecule has 4 heteroatoms. The Kier molecular flexibility index (Phi) is 3.34. The summed E-state index contributed by atoms with van der Waals surface area (Å²) in [5.74, 6) is 0.0816. The zero-order valence-electron chi connectivity index (χ0n) is 10.3. The third-order valence-corrected chi connectivity index (χ3v) is 3.69. The van der Waals surface area contributed by atoms with E-state index in [1.807, 2.05) is 18.2 Å². The molecule has 1 aromatic carbocycles. The Morgan fingerprint density at radius 3 is 2.65 bits per heavy atom. The highest BCUT2D eigenvalue weighted by Gasteiger charge is 2.29. The number of hydrogen-bond donors (Lipinski definition) is 2. The van der Waals surface area contributed by atoms with Gasteiger partial charge < -0.3 is 10.6 Å². The van der Waals surface area contributed by atoms with Crippen LogP contribution in [-0.2, 0) is 4.79 Å². The molecule has 1 amide bonds. The minimum absolute atomic E-state index is 0.0575. The lowest BCUT2D eigenvalue weighted by molar-refractivity contribution is -0.116. The van der Waals surface area contributed by atoms with E-state index in [1.54, 1.807) is 0 Å². The van der Waals surface area contributed by atoms with Crippen LogP contribution in [0.3, 0.4) is 0 Å². The van der Waals surface area contributed by atoms with Crippen molar-refractivity contribution >= 4 is 39.9 Å². The third kappa shape index (κ3) is 2.91. The molecule has 0 saturated carbocycles. The van der Waals surface area contributed by atoms with E-state index in [9.17, 15) is 4.79 Å². The fourth-order valence-electron chi connectivity index (χ4n) is 1.89. The third-order valence-electron chi connectivity index (χ3n) is 3.02. The predicted octanol–water partition coefficient (Wildman–Crippen LogP) is 3.46. The normalized spacial score (nSPS) is 20.0. The number of fused-ring (bicyclic) bond motifs is 1.